The van der Waals surface area contributed by atoms with Gasteiger partial charge in [-0.05, 0) is 12.8 Å². The third kappa shape index (κ3) is 10.1. The molecule has 0 bridgehead atoms. The molecule has 0 saturated carbocycles. The van der Waals surface area contributed by atoms with Gasteiger partial charge in [0.1, 0.15) is 12.1 Å². The Bertz CT molecular complexity index is 541. The van der Waals surface area contributed by atoms with Crippen LogP contribution in [0.1, 0.15) is 64.2 Å². The zero-order valence-corrected chi connectivity index (χ0v) is 19.1. The van der Waals surface area contributed by atoms with E-state index in [4.69, 9.17) is 0 Å². The molecule has 30 heavy (non-hydrogen) atoms. The standard InChI is InChI=1S/C20H34N4O4S2/c25-17(15-13-29-19(27)23-15)21-11-9-7-5-3-1-2-4-6-8-10-12-22-18(26)16-14-30-20(28)24-16/h15-16H,1-14H2,(H,21,25)(H,22,26)(H,23,27)(H,24,28). The van der Waals surface area contributed by atoms with Crippen molar-refractivity contribution < 1.29 is 19.2 Å². The maximum Gasteiger partial charge on any atom is 0.279 e. The molecule has 4 amide bonds. The molecule has 2 saturated heterocycles. The van der Waals surface area contributed by atoms with Crippen LogP contribution in [0.4, 0.5) is 9.59 Å². The quantitative estimate of drug-likeness (QED) is 0.280. The number of nitrogens with one attached hydrogen (secondary N) is 4. The Labute approximate surface area is 187 Å². The third-order valence-electron chi connectivity index (χ3n) is 5.18. The number of carbonyl (C=O) groups is 4. The van der Waals surface area contributed by atoms with Crippen molar-refractivity contribution in [3.05, 3.63) is 0 Å². The van der Waals surface area contributed by atoms with E-state index in [0.717, 1.165) is 49.2 Å². The Morgan fingerprint density at radius 2 is 1.00 bits per heavy atom. The van der Waals surface area contributed by atoms with Gasteiger partial charge in [0.15, 0.2) is 0 Å². The minimum absolute atomic E-state index is 0.0720. The SMILES string of the molecule is O=C1NC(C(=O)NCCCCCCCCCCCCNC(=O)C2CSC(=O)N2)CS1. The van der Waals surface area contributed by atoms with E-state index in [2.05, 4.69) is 21.3 Å². The molecule has 2 unspecified atom stereocenters. The molecule has 2 rings (SSSR count). The maximum atomic E-state index is 11.8. The summed E-state index contributed by atoms with van der Waals surface area (Å²) in [6.07, 6.45) is 11.5. The lowest BCUT2D eigenvalue weighted by Crippen LogP contribution is -2.43. The highest BCUT2D eigenvalue weighted by atomic mass is 32.2. The van der Waals surface area contributed by atoms with Crippen molar-refractivity contribution in [3.8, 4) is 0 Å². The molecule has 2 aliphatic heterocycles. The number of rotatable bonds is 15. The van der Waals surface area contributed by atoms with Gasteiger partial charge in [0, 0.05) is 24.6 Å². The molecular weight excluding hydrogens is 424 g/mol. The molecule has 0 radical (unpaired) electrons. The summed E-state index contributed by atoms with van der Waals surface area (Å²) in [5.41, 5.74) is 0. The topological polar surface area (TPSA) is 116 Å². The zero-order valence-electron chi connectivity index (χ0n) is 17.5. The largest absolute Gasteiger partial charge is 0.354 e. The highest BCUT2D eigenvalue weighted by Crippen LogP contribution is 2.14. The molecule has 170 valence electrons. The second kappa shape index (κ2) is 14.6. The lowest BCUT2D eigenvalue weighted by Gasteiger charge is -2.10. The van der Waals surface area contributed by atoms with E-state index in [0.29, 0.717) is 24.6 Å². The summed E-state index contributed by atoms with van der Waals surface area (Å²) in [6, 6.07) is -0.735. The van der Waals surface area contributed by atoms with E-state index in [1.807, 2.05) is 0 Å². The van der Waals surface area contributed by atoms with Gasteiger partial charge in [-0.25, -0.2) is 0 Å². The van der Waals surface area contributed by atoms with E-state index in [1.165, 1.54) is 38.5 Å². The Morgan fingerprint density at radius 3 is 1.30 bits per heavy atom. The first kappa shape index (κ1) is 24.8. The predicted molar refractivity (Wildman–Crippen MR) is 122 cm³/mol. The van der Waals surface area contributed by atoms with Crippen LogP contribution in [0.5, 0.6) is 0 Å². The first-order valence-electron chi connectivity index (χ1n) is 11.0. The molecule has 0 aromatic heterocycles. The van der Waals surface area contributed by atoms with Crippen molar-refractivity contribution in [2.24, 2.45) is 0 Å². The average molecular weight is 459 g/mol. The summed E-state index contributed by atoms with van der Waals surface area (Å²) in [7, 11) is 0. The minimum atomic E-state index is -0.368. The molecule has 2 heterocycles. The van der Waals surface area contributed by atoms with Crippen LogP contribution in [0.3, 0.4) is 0 Å². The minimum Gasteiger partial charge on any atom is -0.354 e. The number of hydrogen-bond acceptors (Lipinski definition) is 6. The normalized spacial score (nSPS) is 20.7. The van der Waals surface area contributed by atoms with Crippen molar-refractivity contribution in [1.82, 2.24) is 21.3 Å². The van der Waals surface area contributed by atoms with Crippen LogP contribution in [-0.2, 0) is 9.59 Å². The Hall–Kier alpha value is -1.42. The lowest BCUT2D eigenvalue weighted by molar-refractivity contribution is -0.123. The Kier molecular flexibility index (Phi) is 12.1. The number of unbranched alkanes of at least 4 members (excludes halogenated alkanes) is 9. The summed E-state index contributed by atoms with van der Waals surface area (Å²) in [4.78, 5) is 45.8. The second-order valence-corrected chi connectivity index (χ2v) is 9.69. The summed E-state index contributed by atoms with van der Waals surface area (Å²) >= 11 is 2.32. The Morgan fingerprint density at radius 1 is 0.667 bits per heavy atom. The maximum absolute atomic E-state index is 11.8. The molecule has 2 aliphatic rings. The van der Waals surface area contributed by atoms with Gasteiger partial charge >= 0.3 is 0 Å². The van der Waals surface area contributed by atoms with Gasteiger partial charge in [0.25, 0.3) is 10.5 Å². The van der Waals surface area contributed by atoms with Crippen LogP contribution >= 0.6 is 23.5 Å². The molecule has 0 spiro atoms. The van der Waals surface area contributed by atoms with Crippen LogP contribution < -0.4 is 21.3 Å². The van der Waals surface area contributed by atoms with Gasteiger partial charge in [-0.2, -0.15) is 0 Å². The van der Waals surface area contributed by atoms with Gasteiger partial charge in [-0.1, -0.05) is 74.9 Å². The number of carbonyl (C=O) groups excluding carboxylic acids is 4. The molecule has 0 aliphatic carbocycles. The van der Waals surface area contributed by atoms with Crippen molar-refractivity contribution in [1.29, 1.82) is 0 Å². The Balaban J connectivity index is 1.28. The van der Waals surface area contributed by atoms with E-state index in [-0.39, 0.29) is 34.4 Å². The van der Waals surface area contributed by atoms with Crippen LogP contribution in [0, 0.1) is 0 Å². The smallest absolute Gasteiger partial charge is 0.279 e. The fourth-order valence-corrected chi connectivity index (χ4v) is 4.94. The van der Waals surface area contributed by atoms with Crippen LogP contribution in [0.2, 0.25) is 0 Å². The molecule has 4 N–H and O–H groups in total. The highest BCUT2D eigenvalue weighted by molar-refractivity contribution is 8.14. The van der Waals surface area contributed by atoms with Crippen molar-refractivity contribution >= 4 is 45.8 Å². The van der Waals surface area contributed by atoms with Crippen LogP contribution in [0.15, 0.2) is 0 Å². The van der Waals surface area contributed by atoms with Crippen molar-refractivity contribution in [2.45, 2.75) is 76.3 Å². The van der Waals surface area contributed by atoms with Gasteiger partial charge < -0.3 is 21.3 Å². The first-order chi connectivity index (χ1) is 14.6. The average Bonchev–Trinajstić information content (AvgIpc) is 3.36. The van der Waals surface area contributed by atoms with E-state index in [1.54, 1.807) is 0 Å². The van der Waals surface area contributed by atoms with Crippen molar-refractivity contribution in [2.75, 3.05) is 24.6 Å². The van der Waals surface area contributed by atoms with Crippen molar-refractivity contribution in [3.63, 3.8) is 0 Å². The third-order valence-corrected chi connectivity index (χ3v) is 6.94. The second-order valence-electron chi connectivity index (χ2n) is 7.71. The predicted octanol–water partition coefficient (Wildman–Crippen LogP) is 2.77. The summed E-state index contributed by atoms with van der Waals surface area (Å²) in [5.74, 6) is 0.909. The summed E-state index contributed by atoms with van der Waals surface area (Å²) < 4.78 is 0. The van der Waals surface area contributed by atoms with Gasteiger partial charge in [0.2, 0.25) is 11.8 Å². The summed E-state index contributed by atoms with van der Waals surface area (Å²) in [6.45, 7) is 1.36. The fraction of sp³-hybridized carbons (Fsp3) is 0.800. The van der Waals surface area contributed by atoms with Gasteiger partial charge in [0.05, 0.1) is 0 Å². The molecule has 2 atom stereocenters. The molecule has 0 aromatic carbocycles. The molecule has 8 nitrogen and oxygen atoms in total. The fourth-order valence-electron chi connectivity index (χ4n) is 3.39. The lowest BCUT2D eigenvalue weighted by atomic mass is 10.1. The van der Waals surface area contributed by atoms with E-state index >= 15 is 0 Å². The number of amides is 4. The van der Waals surface area contributed by atoms with Crippen LogP contribution in [-0.4, -0.2) is 59.0 Å². The number of hydrogen-bond donors (Lipinski definition) is 4. The van der Waals surface area contributed by atoms with E-state index < -0.39 is 0 Å². The first-order valence-corrected chi connectivity index (χ1v) is 13.0. The highest BCUT2D eigenvalue weighted by Gasteiger charge is 2.28. The number of thioether (sulfide) groups is 2. The zero-order chi connectivity index (χ0) is 21.6. The van der Waals surface area contributed by atoms with Gasteiger partial charge in [-0.3, -0.25) is 19.2 Å². The van der Waals surface area contributed by atoms with Crippen LogP contribution in [0.25, 0.3) is 0 Å². The van der Waals surface area contributed by atoms with Gasteiger partial charge in [-0.15, -0.1) is 0 Å². The molecular formula is C20H34N4O4S2. The van der Waals surface area contributed by atoms with E-state index in [9.17, 15) is 19.2 Å². The monoisotopic (exact) mass is 458 g/mol. The summed E-state index contributed by atoms with van der Waals surface area (Å²) in [5, 5.41) is 10.9. The molecule has 0 aromatic rings. The molecule has 10 heteroatoms. The molecule has 2 fully saturated rings.